The van der Waals surface area contributed by atoms with Crippen LogP contribution in [0.15, 0.2) is 90.8 Å². The van der Waals surface area contributed by atoms with Gasteiger partial charge in [-0.25, -0.2) is 4.98 Å². The third-order valence-electron chi connectivity index (χ3n) is 5.12. The maximum atomic E-state index is 4.95. The van der Waals surface area contributed by atoms with Gasteiger partial charge >= 0.3 is 0 Å². The van der Waals surface area contributed by atoms with Crippen molar-refractivity contribution in [1.29, 1.82) is 0 Å². The van der Waals surface area contributed by atoms with Crippen LogP contribution < -0.4 is 0 Å². The number of fused-ring (bicyclic) bond motifs is 3. The maximum Gasteiger partial charge on any atom is 0.124 e. The van der Waals surface area contributed by atoms with E-state index < -0.39 is 0 Å². The van der Waals surface area contributed by atoms with Crippen molar-refractivity contribution in [3.8, 4) is 10.4 Å². The molecule has 28 heavy (non-hydrogen) atoms. The molecule has 2 aromatic carbocycles. The lowest BCUT2D eigenvalue weighted by molar-refractivity contribution is 0.524. The predicted octanol–water partition coefficient (Wildman–Crippen LogP) is 6.84. The van der Waals surface area contributed by atoms with Crippen molar-refractivity contribution in [2.24, 2.45) is 0 Å². The number of aromatic nitrogens is 1. The quantitative estimate of drug-likeness (QED) is 0.368. The minimum Gasteiger partial charge on any atom is -0.344 e. The lowest BCUT2D eigenvalue weighted by atomic mass is 10.1. The van der Waals surface area contributed by atoms with E-state index >= 15 is 0 Å². The summed E-state index contributed by atoms with van der Waals surface area (Å²) in [6, 6.07) is 17.5. The third-order valence-corrected chi connectivity index (χ3v) is 7.37. The van der Waals surface area contributed by atoms with Gasteiger partial charge in [0, 0.05) is 33.6 Å². The highest BCUT2D eigenvalue weighted by Gasteiger charge is 2.15. The lowest BCUT2D eigenvalue weighted by Crippen LogP contribution is -2.19. The van der Waals surface area contributed by atoms with Crippen molar-refractivity contribution in [2.75, 3.05) is 6.54 Å². The Bertz CT molecular complexity index is 1310. The minimum atomic E-state index is 0.935. The van der Waals surface area contributed by atoms with Crippen LogP contribution in [0.25, 0.3) is 36.3 Å². The molecule has 2 aromatic heterocycles. The molecule has 0 amide bonds. The molecule has 0 unspecified atom stereocenters. The van der Waals surface area contributed by atoms with Crippen LogP contribution in [0.5, 0.6) is 0 Å². The van der Waals surface area contributed by atoms with Crippen LogP contribution in [0.1, 0.15) is 5.01 Å². The van der Waals surface area contributed by atoms with E-state index in [1.165, 1.54) is 36.5 Å². The summed E-state index contributed by atoms with van der Waals surface area (Å²) in [5.74, 6) is 0. The van der Waals surface area contributed by atoms with Crippen LogP contribution in [0, 0.1) is 0 Å². The van der Waals surface area contributed by atoms with Gasteiger partial charge in [0.05, 0.1) is 10.2 Å². The van der Waals surface area contributed by atoms with Gasteiger partial charge in [-0.1, -0.05) is 36.4 Å². The summed E-state index contributed by atoms with van der Waals surface area (Å²) in [6.45, 7) is 0.935. The monoisotopic (exact) mass is 396 g/mol. The van der Waals surface area contributed by atoms with Gasteiger partial charge in [-0.05, 0) is 53.4 Å². The Hall–Kier alpha value is -2.95. The highest BCUT2D eigenvalue weighted by Crippen LogP contribution is 2.37. The first-order chi connectivity index (χ1) is 13.8. The normalized spacial score (nSPS) is 15.8. The molecule has 0 saturated carbocycles. The molecule has 0 fully saturated rings. The van der Waals surface area contributed by atoms with E-state index in [0.29, 0.717) is 0 Å². The topological polar surface area (TPSA) is 16.1 Å². The first kappa shape index (κ1) is 16.0. The van der Waals surface area contributed by atoms with Crippen molar-refractivity contribution in [1.82, 2.24) is 9.88 Å². The molecule has 4 heteroatoms. The second-order valence-electron chi connectivity index (χ2n) is 6.94. The number of hydrogen-bond donors (Lipinski definition) is 0. The van der Waals surface area contributed by atoms with E-state index in [9.17, 15) is 0 Å². The zero-order valence-corrected chi connectivity index (χ0v) is 16.6. The molecule has 2 aliphatic heterocycles. The Kier molecular flexibility index (Phi) is 3.61. The minimum absolute atomic E-state index is 0.935. The summed E-state index contributed by atoms with van der Waals surface area (Å²) in [7, 11) is 0. The van der Waals surface area contributed by atoms with E-state index in [4.69, 9.17) is 4.98 Å². The van der Waals surface area contributed by atoms with E-state index in [0.717, 1.165) is 17.1 Å². The first-order valence-electron chi connectivity index (χ1n) is 9.27. The first-order valence-corrected chi connectivity index (χ1v) is 10.9. The van der Waals surface area contributed by atoms with Crippen LogP contribution in [0.2, 0.25) is 0 Å². The van der Waals surface area contributed by atoms with E-state index in [1.54, 1.807) is 11.3 Å². The highest BCUT2D eigenvalue weighted by atomic mass is 32.1. The number of thiazole rings is 1. The molecular formula is C24H16N2S2. The average Bonchev–Trinajstić information content (AvgIpc) is 3.37. The van der Waals surface area contributed by atoms with Crippen LogP contribution in [-0.2, 0) is 0 Å². The van der Waals surface area contributed by atoms with Crippen LogP contribution in [0.3, 0.4) is 0 Å². The van der Waals surface area contributed by atoms with Crippen molar-refractivity contribution in [3.63, 3.8) is 0 Å². The molecule has 0 aliphatic carbocycles. The second-order valence-corrected chi connectivity index (χ2v) is 9.05. The molecule has 2 aliphatic rings. The number of nitrogens with zero attached hydrogens (tertiary/aromatic N) is 2. The molecule has 0 atom stereocenters. The van der Waals surface area contributed by atoms with E-state index in [1.807, 2.05) is 11.3 Å². The van der Waals surface area contributed by atoms with Gasteiger partial charge in [0.15, 0.2) is 0 Å². The van der Waals surface area contributed by atoms with E-state index in [-0.39, 0.29) is 0 Å². The van der Waals surface area contributed by atoms with Gasteiger partial charge in [-0.2, -0.15) is 0 Å². The molecule has 2 nitrogen and oxygen atoms in total. The summed E-state index contributed by atoms with van der Waals surface area (Å²) in [4.78, 5) is 8.50. The number of rotatable bonds is 2. The lowest BCUT2D eigenvalue weighted by Gasteiger charge is -2.25. The van der Waals surface area contributed by atoms with Crippen LogP contribution in [0.4, 0.5) is 0 Å². The van der Waals surface area contributed by atoms with Gasteiger partial charge in [0.2, 0.25) is 0 Å². The van der Waals surface area contributed by atoms with Crippen molar-refractivity contribution in [3.05, 3.63) is 95.8 Å². The fraction of sp³-hybridized carbons (Fsp3) is 0.0417. The molecule has 0 N–H and O–H groups in total. The second kappa shape index (κ2) is 6.30. The maximum absolute atomic E-state index is 4.95. The molecule has 6 rings (SSSR count). The Morgan fingerprint density at radius 1 is 0.964 bits per heavy atom. The van der Waals surface area contributed by atoms with Gasteiger partial charge in [-0.3, -0.25) is 0 Å². The summed E-state index contributed by atoms with van der Waals surface area (Å²) in [5.41, 5.74) is 4.72. The Balaban J connectivity index is 1.40. The Labute approximate surface area is 171 Å². The van der Waals surface area contributed by atoms with Gasteiger partial charge in [0.1, 0.15) is 5.01 Å². The van der Waals surface area contributed by atoms with Gasteiger partial charge in [-0.15, -0.1) is 22.7 Å². The number of allylic oxidation sites excluding steroid dienone is 5. The van der Waals surface area contributed by atoms with Gasteiger partial charge < -0.3 is 4.90 Å². The number of thiophene rings is 1. The fourth-order valence-corrected chi connectivity index (χ4v) is 5.66. The molecule has 134 valence electrons. The summed E-state index contributed by atoms with van der Waals surface area (Å²) in [6.07, 6.45) is 13.0. The van der Waals surface area contributed by atoms with Gasteiger partial charge in [0.25, 0.3) is 0 Å². The predicted molar refractivity (Wildman–Crippen MR) is 121 cm³/mol. The van der Waals surface area contributed by atoms with Crippen molar-refractivity contribution >= 4 is 48.5 Å². The largest absolute Gasteiger partial charge is 0.344 e. The number of benzene rings is 2. The zero-order valence-electron chi connectivity index (χ0n) is 15.0. The summed E-state index contributed by atoms with van der Waals surface area (Å²) >= 11 is 3.60. The molecule has 4 heterocycles. The zero-order chi connectivity index (χ0) is 18.5. The fourth-order valence-electron chi connectivity index (χ4n) is 3.66. The van der Waals surface area contributed by atoms with E-state index in [2.05, 4.69) is 90.0 Å². The molecule has 0 saturated heterocycles. The van der Waals surface area contributed by atoms with Crippen LogP contribution >= 0.6 is 22.7 Å². The molecule has 4 aromatic rings. The SMILES string of the molecule is C1=CCN2C=CC(c3nc4cc(-c5cc6ccccc6s5)ccc4s3)=CC2=C1. The third kappa shape index (κ3) is 2.65. The number of hydrogen-bond acceptors (Lipinski definition) is 4. The molecule has 0 spiro atoms. The molecule has 0 radical (unpaired) electrons. The van der Waals surface area contributed by atoms with Crippen molar-refractivity contribution in [2.45, 2.75) is 0 Å². The average molecular weight is 397 g/mol. The van der Waals surface area contributed by atoms with Crippen molar-refractivity contribution < 1.29 is 0 Å². The standard InChI is InChI=1S/C24H16N2S2/c1-2-7-21-16(5-1)15-23(27-21)17-8-9-22-20(14-17)25-24(28-22)18-10-12-26-11-4-3-6-19(26)13-18/h1-10,12-15H,11H2. The Morgan fingerprint density at radius 3 is 2.89 bits per heavy atom. The smallest absolute Gasteiger partial charge is 0.124 e. The molecular weight excluding hydrogens is 380 g/mol. The highest BCUT2D eigenvalue weighted by molar-refractivity contribution is 7.22. The molecule has 0 bridgehead atoms. The van der Waals surface area contributed by atoms with Crippen LogP contribution in [-0.4, -0.2) is 16.4 Å². The Morgan fingerprint density at radius 2 is 1.93 bits per heavy atom. The summed E-state index contributed by atoms with van der Waals surface area (Å²) < 4.78 is 2.56. The summed E-state index contributed by atoms with van der Waals surface area (Å²) in [5, 5.41) is 2.38.